The van der Waals surface area contributed by atoms with Gasteiger partial charge in [-0.2, -0.15) is 0 Å². The summed E-state index contributed by atoms with van der Waals surface area (Å²) in [6.07, 6.45) is 1.51. The molecule has 0 saturated carbocycles. The van der Waals surface area contributed by atoms with Gasteiger partial charge in [-0.15, -0.1) is 0 Å². The number of benzene rings is 2. The Labute approximate surface area is 160 Å². The van der Waals surface area contributed by atoms with Crippen LogP contribution in [0.2, 0.25) is 0 Å². The van der Waals surface area contributed by atoms with Crippen molar-refractivity contribution < 1.29 is 18.8 Å². The van der Waals surface area contributed by atoms with E-state index in [1.165, 1.54) is 43.6 Å². The lowest BCUT2D eigenvalue weighted by atomic mass is 10.0. The Balaban J connectivity index is 1.81. The number of pyridine rings is 1. The standard InChI is InChI=1S/C20H16FN3O4/c1-28-16-6-7-17(18(12-16)24(26)27)14-8-9-22-19(11-14)23-20(25)10-13-2-4-15(21)5-3-13/h2-9,11-12H,10H2,1H3,(H,22,23,25). The Morgan fingerprint density at radius 3 is 2.61 bits per heavy atom. The van der Waals surface area contributed by atoms with Gasteiger partial charge in [-0.1, -0.05) is 12.1 Å². The molecule has 0 aliphatic rings. The van der Waals surface area contributed by atoms with Gasteiger partial charge >= 0.3 is 0 Å². The van der Waals surface area contributed by atoms with Crippen LogP contribution in [0.4, 0.5) is 15.9 Å². The van der Waals surface area contributed by atoms with Crippen LogP contribution in [0.15, 0.2) is 60.8 Å². The van der Waals surface area contributed by atoms with Crippen molar-refractivity contribution in [3.8, 4) is 16.9 Å². The monoisotopic (exact) mass is 381 g/mol. The Bertz CT molecular complexity index is 1020. The van der Waals surface area contributed by atoms with E-state index in [1.807, 2.05) is 0 Å². The van der Waals surface area contributed by atoms with Crippen LogP contribution in [0.25, 0.3) is 11.1 Å². The highest BCUT2D eigenvalue weighted by Crippen LogP contribution is 2.33. The number of hydrogen-bond acceptors (Lipinski definition) is 5. The molecule has 28 heavy (non-hydrogen) atoms. The number of aromatic nitrogens is 1. The molecule has 0 aliphatic carbocycles. The lowest BCUT2D eigenvalue weighted by Gasteiger charge is -2.08. The first-order chi connectivity index (χ1) is 13.5. The average Bonchev–Trinajstić information content (AvgIpc) is 2.69. The van der Waals surface area contributed by atoms with Gasteiger partial charge < -0.3 is 10.1 Å². The Hall–Kier alpha value is -3.81. The molecule has 7 nitrogen and oxygen atoms in total. The maximum atomic E-state index is 12.9. The molecule has 0 radical (unpaired) electrons. The Morgan fingerprint density at radius 1 is 1.18 bits per heavy atom. The molecule has 1 heterocycles. The number of nitrogens with one attached hydrogen (secondary N) is 1. The van der Waals surface area contributed by atoms with Crippen molar-refractivity contribution in [1.82, 2.24) is 4.98 Å². The number of halogens is 1. The van der Waals surface area contributed by atoms with Crippen molar-refractivity contribution >= 4 is 17.4 Å². The summed E-state index contributed by atoms with van der Waals surface area (Å²) >= 11 is 0. The second kappa shape index (κ2) is 8.26. The van der Waals surface area contributed by atoms with E-state index in [0.29, 0.717) is 22.4 Å². The molecule has 0 atom stereocenters. The number of anilines is 1. The zero-order valence-electron chi connectivity index (χ0n) is 14.9. The fourth-order valence-electron chi connectivity index (χ4n) is 2.67. The van der Waals surface area contributed by atoms with Crippen LogP contribution in [0, 0.1) is 15.9 Å². The minimum absolute atomic E-state index is 0.0505. The number of nitro groups is 1. The topological polar surface area (TPSA) is 94.4 Å². The molecule has 142 valence electrons. The minimum Gasteiger partial charge on any atom is -0.497 e. The molecule has 3 aromatic rings. The van der Waals surface area contributed by atoms with E-state index in [2.05, 4.69) is 10.3 Å². The van der Waals surface area contributed by atoms with E-state index in [9.17, 15) is 19.3 Å². The molecule has 0 bridgehead atoms. The van der Waals surface area contributed by atoms with Crippen LogP contribution in [0.3, 0.4) is 0 Å². The van der Waals surface area contributed by atoms with Crippen LogP contribution in [-0.4, -0.2) is 22.9 Å². The summed E-state index contributed by atoms with van der Waals surface area (Å²) in [6, 6.07) is 13.3. The quantitative estimate of drug-likeness (QED) is 0.515. The normalized spacial score (nSPS) is 10.4. The number of methoxy groups -OCH3 is 1. The van der Waals surface area contributed by atoms with Crippen molar-refractivity contribution in [3.63, 3.8) is 0 Å². The SMILES string of the molecule is COc1ccc(-c2ccnc(NC(=O)Cc3ccc(F)cc3)c2)c([N+](=O)[O-])c1. The first-order valence-corrected chi connectivity index (χ1v) is 8.29. The number of rotatable bonds is 6. The highest BCUT2D eigenvalue weighted by molar-refractivity contribution is 5.92. The van der Waals surface area contributed by atoms with E-state index in [0.717, 1.165) is 0 Å². The summed E-state index contributed by atoms with van der Waals surface area (Å²) in [4.78, 5) is 27.2. The van der Waals surface area contributed by atoms with E-state index in [1.54, 1.807) is 24.3 Å². The molecule has 1 amide bonds. The van der Waals surface area contributed by atoms with Gasteiger partial charge in [0.1, 0.15) is 17.4 Å². The first kappa shape index (κ1) is 19.0. The molecular formula is C20H16FN3O4. The minimum atomic E-state index is -0.495. The predicted molar refractivity (Wildman–Crippen MR) is 102 cm³/mol. The van der Waals surface area contributed by atoms with Crippen LogP contribution < -0.4 is 10.1 Å². The van der Waals surface area contributed by atoms with Gasteiger partial charge in [0.05, 0.1) is 30.1 Å². The number of hydrogen-bond donors (Lipinski definition) is 1. The summed E-state index contributed by atoms with van der Waals surface area (Å²) in [5.41, 5.74) is 1.44. The van der Waals surface area contributed by atoms with Crippen molar-refractivity contribution in [2.75, 3.05) is 12.4 Å². The molecular weight excluding hydrogens is 365 g/mol. The van der Waals surface area contributed by atoms with Crippen molar-refractivity contribution in [3.05, 3.63) is 82.3 Å². The molecule has 0 fully saturated rings. The zero-order chi connectivity index (χ0) is 20.1. The largest absolute Gasteiger partial charge is 0.497 e. The summed E-state index contributed by atoms with van der Waals surface area (Å²) in [7, 11) is 1.43. The van der Waals surface area contributed by atoms with Gasteiger partial charge in [0.15, 0.2) is 0 Å². The maximum absolute atomic E-state index is 12.9. The van der Waals surface area contributed by atoms with E-state index >= 15 is 0 Å². The third-order valence-corrected chi connectivity index (χ3v) is 4.02. The fraction of sp³-hybridized carbons (Fsp3) is 0.100. The molecule has 8 heteroatoms. The third kappa shape index (κ3) is 4.47. The van der Waals surface area contributed by atoms with E-state index < -0.39 is 4.92 Å². The van der Waals surface area contributed by atoms with Crippen LogP contribution in [0.5, 0.6) is 5.75 Å². The smallest absolute Gasteiger partial charge is 0.280 e. The lowest BCUT2D eigenvalue weighted by Crippen LogP contribution is -2.15. The molecule has 0 unspecified atom stereocenters. The maximum Gasteiger partial charge on any atom is 0.280 e. The molecule has 0 saturated heterocycles. The second-order valence-corrected chi connectivity index (χ2v) is 5.92. The molecule has 1 N–H and O–H groups in total. The van der Waals surface area contributed by atoms with E-state index in [-0.39, 0.29) is 29.7 Å². The summed E-state index contributed by atoms with van der Waals surface area (Å²) in [5, 5.41) is 14.0. The lowest BCUT2D eigenvalue weighted by molar-refractivity contribution is -0.384. The molecule has 1 aromatic heterocycles. The highest BCUT2D eigenvalue weighted by atomic mass is 19.1. The van der Waals surface area contributed by atoms with Crippen molar-refractivity contribution in [2.45, 2.75) is 6.42 Å². The zero-order valence-corrected chi connectivity index (χ0v) is 14.9. The van der Waals surface area contributed by atoms with Crippen molar-refractivity contribution in [2.24, 2.45) is 0 Å². The molecule has 3 rings (SSSR count). The van der Waals surface area contributed by atoms with Gasteiger partial charge in [0, 0.05) is 6.20 Å². The number of nitro benzene ring substituents is 1. The van der Waals surface area contributed by atoms with Gasteiger partial charge in [0.2, 0.25) is 5.91 Å². The second-order valence-electron chi connectivity index (χ2n) is 5.92. The molecule has 0 aliphatic heterocycles. The highest BCUT2D eigenvalue weighted by Gasteiger charge is 2.17. The van der Waals surface area contributed by atoms with Crippen LogP contribution in [-0.2, 0) is 11.2 Å². The number of carbonyl (C=O) groups excluding carboxylic acids is 1. The van der Waals surface area contributed by atoms with Crippen LogP contribution in [0.1, 0.15) is 5.56 Å². The number of amides is 1. The Morgan fingerprint density at radius 2 is 1.93 bits per heavy atom. The average molecular weight is 381 g/mol. The fourth-order valence-corrected chi connectivity index (χ4v) is 2.67. The van der Waals surface area contributed by atoms with Gasteiger partial charge in [-0.05, 0) is 47.5 Å². The molecule has 0 spiro atoms. The van der Waals surface area contributed by atoms with Gasteiger partial charge in [-0.25, -0.2) is 9.37 Å². The van der Waals surface area contributed by atoms with E-state index in [4.69, 9.17) is 4.74 Å². The number of ether oxygens (including phenoxy) is 1. The Kier molecular flexibility index (Phi) is 5.59. The summed E-state index contributed by atoms with van der Waals surface area (Å²) in [6.45, 7) is 0. The van der Waals surface area contributed by atoms with Gasteiger partial charge in [-0.3, -0.25) is 14.9 Å². The summed E-state index contributed by atoms with van der Waals surface area (Å²) < 4.78 is 18.0. The first-order valence-electron chi connectivity index (χ1n) is 8.29. The third-order valence-electron chi connectivity index (χ3n) is 4.02. The van der Waals surface area contributed by atoms with Gasteiger partial charge in [0.25, 0.3) is 5.69 Å². The molecule has 2 aromatic carbocycles. The predicted octanol–water partition coefficient (Wildman–Crippen LogP) is 3.99. The number of nitrogens with zero attached hydrogens (tertiary/aromatic N) is 2. The van der Waals surface area contributed by atoms with Crippen LogP contribution >= 0.6 is 0 Å². The number of carbonyl (C=O) groups is 1. The van der Waals surface area contributed by atoms with Crippen molar-refractivity contribution in [1.29, 1.82) is 0 Å². The summed E-state index contributed by atoms with van der Waals surface area (Å²) in [5.74, 6) is -0.0767.